The van der Waals surface area contributed by atoms with Crippen molar-refractivity contribution in [2.75, 3.05) is 12.0 Å². The van der Waals surface area contributed by atoms with Crippen molar-refractivity contribution >= 4 is 17.7 Å². The van der Waals surface area contributed by atoms with Gasteiger partial charge in [0.05, 0.1) is 19.3 Å². The highest BCUT2D eigenvalue weighted by atomic mass is 16.5. The lowest BCUT2D eigenvalue weighted by atomic mass is 9.75. The van der Waals surface area contributed by atoms with Gasteiger partial charge < -0.3 is 9.47 Å². The molecule has 170 valence electrons. The van der Waals surface area contributed by atoms with E-state index in [9.17, 15) is 4.79 Å². The highest BCUT2D eigenvalue weighted by Crippen LogP contribution is 2.39. The molecule has 2 aromatic carbocycles. The maximum absolute atomic E-state index is 13.3. The number of hydrogen-bond acceptors (Lipinski definition) is 3. The number of amides is 1. The number of β-lactam (4-membered cyclic amide) rings is 1. The van der Waals surface area contributed by atoms with Crippen LogP contribution in [0.3, 0.4) is 0 Å². The number of benzene rings is 2. The molecule has 1 heterocycles. The van der Waals surface area contributed by atoms with E-state index in [1.54, 1.807) is 7.11 Å². The van der Waals surface area contributed by atoms with Gasteiger partial charge in [-0.15, -0.1) is 0 Å². The average molecular weight is 434 g/mol. The Balaban J connectivity index is 1.58. The monoisotopic (exact) mass is 433 g/mol. The fourth-order valence-electron chi connectivity index (χ4n) is 5.08. The van der Waals surface area contributed by atoms with E-state index in [0.29, 0.717) is 17.8 Å². The second-order valence-corrected chi connectivity index (χ2v) is 9.59. The third-order valence-electron chi connectivity index (χ3n) is 7.01. The smallest absolute Gasteiger partial charge is 0.259 e. The van der Waals surface area contributed by atoms with Crippen LogP contribution in [0.2, 0.25) is 0 Å². The van der Waals surface area contributed by atoms with E-state index in [4.69, 9.17) is 9.47 Å². The Bertz CT molecular complexity index is 921. The molecule has 1 aliphatic heterocycles. The molecule has 2 aliphatic rings. The molecule has 1 saturated heterocycles. The molecule has 0 spiro atoms. The van der Waals surface area contributed by atoms with E-state index in [2.05, 4.69) is 45.1 Å². The predicted molar refractivity (Wildman–Crippen MR) is 130 cm³/mol. The summed E-state index contributed by atoms with van der Waals surface area (Å²) < 4.78 is 11.9. The number of ether oxygens (including phenoxy) is 2. The summed E-state index contributed by atoms with van der Waals surface area (Å²) in [6, 6.07) is 17.8. The lowest BCUT2D eigenvalue weighted by Crippen LogP contribution is -2.66. The molecule has 2 aromatic rings. The molecule has 0 unspecified atom stereocenters. The lowest BCUT2D eigenvalue weighted by Gasteiger charge is -2.48. The first-order valence-corrected chi connectivity index (χ1v) is 11.8. The molecule has 0 N–H and O–H groups in total. The summed E-state index contributed by atoms with van der Waals surface area (Å²) >= 11 is 0. The number of nitrogens with zero attached hydrogens (tertiary/aromatic N) is 1. The molecule has 1 aliphatic carbocycles. The molecule has 32 heavy (non-hydrogen) atoms. The van der Waals surface area contributed by atoms with Crippen molar-refractivity contribution < 1.29 is 14.3 Å². The maximum atomic E-state index is 13.3. The second kappa shape index (κ2) is 9.91. The van der Waals surface area contributed by atoms with Crippen LogP contribution >= 0.6 is 0 Å². The Morgan fingerprint density at radius 3 is 2.41 bits per heavy atom. The highest BCUT2D eigenvalue weighted by Gasteiger charge is 2.50. The number of carbonyl (C=O) groups is 1. The zero-order chi connectivity index (χ0) is 22.7. The quantitative estimate of drug-likeness (QED) is 0.505. The van der Waals surface area contributed by atoms with Crippen molar-refractivity contribution in [3.63, 3.8) is 0 Å². The molecule has 0 bridgehead atoms. The Morgan fingerprint density at radius 1 is 1.03 bits per heavy atom. The lowest BCUT2D eigenvalue weighted by molar-refractivity contribution is -0.154. The van der Waals surface area contributed by atoms with Gasteiger partial charge >= 0.3 is 0 Å². The normalized spacial score (nSPS) is 28.2. The predicted octanol–water partition coefficient (Wildman–Crippen LogP) is 5.97. The van der Waals surface area contributed by atoms with Crippen molar-refractivity contribution in [3.8, 4) is 5.75 Å². The number of methoxy groups -OCH3 is 1. The van der Waals surface area contributed by atoms with E-state index in [-0.39, 0.29) is 18.1 Å². The van der Waals surface area contributed by atoms with Crippen LogP contribution in [0.25, 0.3) is 6.08 Å². The second-order valence-electron chi connectivity index (χ2n) is 9.59. The molecule has 4 nitrogen and oxygen atoms in total. The molecule has 0 aromatic heterocycles. The van der Waals surface area contributed by atoms with Gasteiger partial charge in [-0.3, -0.25) is 9.69 Å². The van der Waals surface area contributed by atoms with Crippen molar-refractivity contribution in [2.24, 2.45) is 17.8 Å². The number of carbonyl (C=O) groups excluding carboxylic acids is 1. The Labute approximate surface area is 192 Å². The largest absolute Gasteiger partial charge is 0.497 e. The van der Waals surface area contributed by atoms with E-state index >= 15 is 0 Å². The molecule has 1 amide bonds. The van der Waals surface area contributed by atoms with Crippen LogP contribution in [-0.4, -0.2) is 31.3 Å². The van der Waals surface area contributed by atoms with Crippen molar-refractivity contribution in [1.82, 2.24) is 0 Å². The standard InChI is InChI=1S/C28H35NO3/c1-19(2)24-16-10-20(3)18-26(24)32-27-25(17-11-21-8-6-5-7-9-21)29(28(27)30)22-12-14-23(31-4)15-13-22/h5-9,11-15,17,19-20,24-27H,10,16,18H2,1-4H3/b17-11+/t20-,24+,25-,26+,27+/m0/s1. The van der Waals surface area contributed by atoms with E-state index in [1.165, 1.54) is 12.8 Å². The third-order valence-corrected chi connectivity index (χ3v) is 7.01. The summed E-state index contributed by atoms with van der Waals surface area (Å²) in [4.78, 5) is 15.2. The van der Waals surface area contributed by atoms with Crippen LogP contribution in [0.1, 0.15) is 45.6 Å². The van der Waals surface area contributed by atoms with Gasteiger partial charge in [0.15, 0.2) is 6.10 Å². The van der Waals surface area contributed by atoms with Crippen LogP contribution < -0.4 is 9.64 Å². The van der Waals surface area contributed by atoms with Gasteiger partial charge in [0.25, 0.3) is 5.91 Å². The van der Waals surface area contributed by atoms with E-state index in [0.717, 1.165) is 23.4 Å². The van der Waals surface area contributed by atoms with Crippen LogP contribution in [0.5, 0.6) is 5.75 Å². The minimum absolute atomic E-state index is 0.0404. The minimum Gasteiger partial charge on any atom is -0.497 e. The number of rotatable bonds is 7. The van der Waals surface area contributed by atoms with Gasteiger partial charge in [0.2, 0.25) is 0 Å². The van der Waals surface area contributed by atoms with E-state index < -0.39 is 6.10 Å². The first-order valence-electron chi connectivity index (χ1n) is 11.8. The van der Waals surface area contributed by atoms with Crippen molar-refractivity contribution in [1.29, 1.82) is 0 Å². The summed E-state index contributed by atoms with van der Waals surface area (Å²) in [5.74, 6) is 2.52. The first-order chi connectivity index (χ1) is 15.5. The van der Waals surface area contributed by atoms with Gasteiger partial charge in [0, 0.05) is 5.69 Å². The molecule has 2 fully saturated rings. The summed E-state index contributed by atoms with van der Waals surface area (Å²) in [5.41, 5.74) is 1.99. The van der Waals surface area contributed by atoms with Crippen molar-refractivity contribution in [3.05, 3.63) is 66.2 Å². The van der Waals surface area contributed by atoms with Crippen molar-refractivity contribution in [2.45, 2.75) is 58.3 Å². The molecule has 4 heteroatoms. The van der Waals surface area contributed by atoms with Gasteiger partial charge in [0.1, 0.15) is 5.75 Å². The minimum atomic E-state index is -0.436. The Morgan fingerprint density at radius 2 is 1.75 bits per heavy atom. The molecule has 0 radical (unpaired) electrons. The Hall–Kier alpha value is -2.59. The van der Waals surface area contributed by atoms with Crippen LogP contribution in [-0.2, 0) is 9.53 Å². The zero-order valence-electron chi connectivity index (χ0n) is 19.6. The van der Waals surface area contributed by atoms with Crippen LogP contribution in [0.4, 0.5) is 5.69 Å². The van der Waals surface area contributed by atoms with E-state index in [1.807, 2.05) is 47.4 Å². The van der Waals surface area contributed by atoms with Gasteiger partial charge in [-0.2, -0.15) is 0 Å². The summed E-state index contributed by atoms with van der Waals surface area (Å²) in [6.45, 7) is 6.85. The van der Waals surface area contributed by atoms with Gasteiger partial charge in [-0.1, -0.05) is 69.7 Å². The van der Waals surface area contributed by atoms with Crippen LogP contribution in [0.15, 0.2) is 60.7 Å². The Kier molecular flexibility index (Phi) is 7.00. The molecule has 5 atom stereocenters. The SMILES string of the molecule is COc1ccc(N2C(=O)[C@H](O[C@@H]3C[C@@H](C)CC[C@@H]3C(C)C)[C@@H]2/C=C/c2ccccc2)cc1. The fraction of sp³-hybridized carbons (Fsp3) is 0.464. The fourth-order valence-corrected chi connectivity index (χ4v) is 5.08. The topological polar surface area (TPSA) is 38.8 Å². The molecule has 1 saturated carbocycles. The maximum Gasteiger partial charge on any atom is 0.259 e. The number of anilines is 1. The average Bonchev–Trinajstić information content (AvgIpc) is 2.80. The molecular weight excluding hydrogens is 398 g/mol. The van der Waals surface area contributed by atoms with Crippen LogP contribution in [0, 0.1) is 17.8 Å². The highest BCUT2D eigenvalue weighted by molar-refractivity contribution is 6.05. The first kappa shape index (κ1) is 22.6. The molecular formula is C28H35NO3. The van der Waals surface area contributed by atoms with Gasteiger partial charge in [-0.05, 0) is 60.4 Å². The molecule has 4 rings (SSSR count). The zero-order valence-corrected chi connectivity index (χ0v) is 19.6. The summed E-state index contributed by atoms with van der Waals surface area (Å²) in [5, 5.41) is 0. The third kappa shape index (κ3) is 4.75. The summed E-state index contributed by atoms with van der Waals surface area (Å²) in [7, 11) is 1.65. The summed E-state index contributed by atoms with van der Waals surface area (Å²) in [6.07, 6.45) is 7.36. The number of hydrogen-bond donors (Lipinski definition) is 0. The van der Waals surface area contributed by atoms with Gasteiger partial charge in [-0.25, -0.2) is 0 Å².